The summed E-state index contributed by atoms with van der Waals surface area (Å²) in [6.45, 7) is 2.53. The number of hydrogen-bond acceptors (Lipinski definition) is 5. The van der Waals surface area contributed by atoms with Gasteiger partial charge in [0.2, 0.25) is 0 Å². The topological polar surface area (TPSA) is 58.6 Å². The molecule has 1 aromatic heterocycles. The number of imide groups is 1. The molecule has 158 valence electrons. The Morgan fingerprint density at radius 3 is 2.61 bits per heavy atom. The van der Waals surface area contributed by atoms with Crippen molar-refractivity contribution in [3.8, 4) is 5.75 Å². The number of nitrogens with one attached hydrogen (secondary N) is 1. The molecule has 0 saturated carbocycles. The van der Waals surface area contributed by atoms with Crippen LogP contribution in [-0.4, -0.2) is 18.4 Å². The minimum atomic E-state index is -0.871. The second kappa shape index (κ2) is 8.69. The number of halogens is 2. The molecule has 5 nitrogen and oxygen atoms in total. The summed E-state index contributed by atoms with van der Waals surface area (Å²) in [6.07, 6.45) is 0.840. The van der Waals surface area contributed by atoms with Crippen LogP contribution in [0.3, 0.4) is 0 Å². The molecule has 0 radical (unpaired) electrons. The Morgan fingerprint density at radius 2 is 1.87 bits per heavy atom. The number of thiophene rings is 1. The fraction of sp³-hybridized carbons (Fsp3) is 0.130. The molecule has 0 aliphatic carbocycles. The largest absolute Gasteiger partial charge is 0.494 e. The van der Waals surface area contributed by atoms with Gasteiger partial charge in [-0.25, -0.2) is 13.7 Å². The Labute approximate surface area is 181 Å². The van der Waals surface area contributed by atoms with Crippen LogP contribution in [0.4, 0.5) is 20.2 Å². The molecule has 1 aliphatic rings. The Hall–Kier alpha value is -3.52. The van der Waals surface area contributed by atoms with Gasteiger partial charge in [-0.3, -0.25) is 9.59 Å². The third-order valence-electron chi connectivity index (χ3n) is 4.58. The van der Waals surface area contributed by atoms with Gasteiger partial charge in [0.05, 0.1) is 17.9 Å². The molecule has 0 bridgehead atoms. The summed E-state index contributed by atoms with van der Waals surface area (Å²) >= 11 is 1.27. The van der Waals surface area contributed by atoms with E-state index in [-0.39, 0.29) is 11.3 Å². The number of carbonyl (C=O) groups excluding carboxylic acids is 2. The molecule has 8 heteroatoms. The van der Waals surface area contributed by atoms with E-state index in [4.69, 9.17) is 4.74 Å². The summed E-state index contributed by atoms with van der Waals surface area (Å²) < 4.78 is 33.8. The molecule has 0 fully saturated rings. The van der Waals surface area contributed by atoms with Crippen LogP contribution in [0.25, 0.3) is 5.57 Å². The number of benzene rings is 2. The van der Waals surface area contributed by atoms with E-state index >= 15 is 0 Å². The SMILES string of the molecule is CCCOc1cccc(NC2=C(c3cccs3)C(=O)N(c3cc(F)ccc3F)C2=O)c1. The van der Waals surface area contributed by atoms with Crippen LogP contribution in [0, 0.1) is 11.6 Å². The van der Waals surface area contributed by atoms with Crippen LogP contribution in [0.2, 0.25) is 0 Å². The molecular weight excluding hydrogens is 422 g/mol. The van der Waals surface area contributed by atoms with Crippen molar-refractivity contribution in [2.75, 3.05) is 16.8 Å². The van der Waals surface area contributed by atoms with Crippen LogP contribution in [-0.2, 0) is 9.59 Å². The van der Waals surface area contributed by atoms with Crippen LogP contribution in [0.5, 0.6) is 5.75 Å². The number of rotatable bonds is 7. The highest BCUT2D eigenvalue weighted by molar-refractivity contribution is 7.11. The molecule has 2 amide bonds. The molecule has 0 saturated heterocycles. The highest BCUT2D eigenvalue weighted by atomic mass is 32.1. The highest BCUT2D eigenvalue weighted by Gasteiger charge is 2.42. The molecule has 2 aromatic carbocycles. The number of ether oxygens (including phenoxy) is 1. The maximum Gasteiger partial charge on any atom is 0.282 e. The third kappa shape index (κ3) is 4.06. The van der Waals surface area contributed by atoms with Crippen molar-refractivity contribution in [2.45, 2.75) is 13.3 Å². The average molecular weight is 440 g/mol. The third-order valence-corrected chi connectivity index (χ3v) is 5.46. The average Bonchev–Trinajstić information content (AvgIpc) is 3.36. The van der Waals surface area contributed by atoms with Gasteiger partial charge in [0.15, 0.2) is 0 Å². The first-order valence-electron chi connectivity index (χ1n) is 9.61. The lowest BCUT2D eigenvalue weighted by atomic mass is 10.2. The molecule has 1 aliphatic heterocycles. The lowest BCUT2D eigenvalue weighted by molar-refractivity contribution is -0.120. The van der Waals surface area contributed by atoms with Gasteiger partial charge in [-0.2, -0.15) is 0 Å². The predicted molar refractivity (Wildman–Crippen MR) is 116 cm³/mol. The second-order valence-electron chi connectivity index (χ2n) is 6.77. The number of nitrogens with zero attached hydrogens (tertiary/aromatic N) is 1. The maximum absolute atomic E-state index is 14.4. The van der Waals surface area contributed by atoms with Gasteiger partial charge in [0.25, 0.3) is 11.8 Å². The van der Waals surface area contributed by atoms with Crippen molar-refractivity contribution in [1.29, 1.82) is 0 Å². The van der Waals surface area contributed by atoms with Crippen molar-refractivity contribution >= 4 is 40.1 Å². The van der Waals surface area contributed by atoms with Gasteiger partial charge in [0.1, 0.15) is 23.1 Å². The first-order chi connectivity index (χ1) is 15.0. The predicted octanol–water partition coefficient (Wildman–Crippen LogP) is 5.21. The quantitative estimate of drug-likeness (QED) is 0.513. The minimum absolute atomic E-state index is 0.0104. The van der Waals surface area contributed by atoms with Crippen molar-refractivity contribution in [1.82, 2.24) is 0 Å². The van der Waals surface area contributed by atoms with E-state index in [1.54, 1.807) is 41.8 Å². The summed E-state index contributed by atoms with van der Waals surface area (Å²) in [5.41, 5.74) is 0.188. The van der Waals surface area contributed by atoms with Crippen molar-refractivity contribution in [3.63, 3.8) is 0 Å². The van der Waals surface area contributed by atoms with E-state index in [1.165, 1.54) is 11.3 Å². The smallest absolute Gasteiger partial charge is 0.282 e. The number of anilines is 2. The van der Waals surface area contributed by atoms with Gasteiger partial charge < -0.3 is 10.1 Å². The lowest BCUT2D eigenvalue weighted by Crippen LogP contribution is -2.33. The normalized spacial score (nSPS) is 13.8. The van der Waals surface area contributed by atoms with Crippen LogP contribution in [0.1, 0.15) is 18.2 Å². The van der Waals surface area contributed by atoms with Gasteiger partial charge in [-0.15, -0.1) is 11.3 Å². The first kappa shape index (κ1) is 20.7. The molecule has 31 heavy (non-hydrogen) atoms. The Morgan fingerprint density at radius 1 is 1.03 bits per heavy atom. The monoisotopic (exact) mass is 440 g/mol. The Kier molecular flexibility index (Phi) is 5.81. The molecule has 2 heterocycles. The summed E-state index contributed by atoms with van der Waals surface area (Å²) in [7, 11) is 0. The van der Waals surface area contributed by atoms with E-state index < -0.39 is 29.1 Å². The molecule has 1 N–H and O–H groups in total. The Bertz CT molecular complexity index is 1180. The number of amides is 2. The van der Waals surface area contributed by atoms with Crippen LogP contribution >= 0.6 is 11.3 Å². The lowest BCUT2D eigenvalue weighted by Gasteiger charge is -2.16. The van der Waals surface area contributed by atoms with Crippen molar-refractivity contribution in [2.24, 2.45) is 0 Å². The molecule has 0 spiro atoms. The summed E-state index contributed by atoms with van der Waals surface area (Å²) in [6, 6.07) is 13.0. The van der Waals surface area contributed by atoms with Gasteiger partial charge >= 0.3 is 0 Å². The van der Waals surface area contributed by atoms with E-state index in [0.29, 0.717) is 27.8 Å². The van der Waals surface area contributed by atoms with Gasteiger partial charge in [-0.05, 0) is 42.1 Å². The minimum Gasteiger partial charge on any atom is -0.494 e. The second-order valence-corrected chi connectivity index (χ2v) is 7.72. The van der Waals surface area contributed by atoms with E-state index in [2.05, 4.69) is 5.32 Å². The van der Waals surface area contributed by atoms with E-state index in [0.717, 1.165) is 24.6 Å². The molecule has 0 unspecified atom stereocenters. The zero-order valence-corrected chi connectivity index (χ0v) is 17.3. The summed E-state index contributed by atoms with van der Waals surface area (Å²) in [5.74, 6) is -2.51. The van der Waals surface area contributed by atoms with Crippen molar-refractivity contribution < 1.29 is 23.1 Å². The fourth-order valence-corrected chi connectivity index (χ4v) is 3.97. The maximum atomic E-state index is 14.4. The zero-order valence-electron chi connectivity index (χ0n) is 16.5. The van der Waals surface area contributed by atoms with Gasteiger partial charge in [0, 0.05) is 22.7 Å². The highest BCUT2D eigenvalue weighted by Crippen LogP contribution is 2.36. The van der Waals surface area contributed by atoms with Crippen LogP contribution in [0.15, 0.2) is 65.7 Å². The standard InChI is InChI=1S/C23H18F2N2O3S/c1-2-10-30-16-6-3-5-15(13-16)26-21-20(19-7-4-11-31-19)22(28)27(23(21)29)18-12-14(24)8-9-17(18)25/h3-9,11-13,26H,2,10H2,1H3. The summed E-state index contributed by atoms with van der Waals surface area (Å²) in [5, 5.41) is 4.75. The zero-order chi connectivity index (χ0) is 22.0. The number of hydrogen-bond donors (Lipinski definition) is 1. The molecular formula is C23H18F2N2O3S. The van der Waals surface area contributed by atoms with E-state index in [1.807, 2.05) is 6.92 Å². The van der Waals surface area contributed by atoms with E-state index in [9.17, 15) is 18.4 Å². The molecule has 4 rings (SSSR count). The van der Waals surface area contributed by atoms with Crippen LogP contribution < -0.4 is 15.0 Å². The summed E-state index contributed by atoms with van der Waals surface area (Å²) in [4.78, 5) is 27.6. The number of carbonyl (C=O) groups is 2. The molecule has 0 atom stereocenters. The van der Waals surface area contributed by atoms with Gasteiger partial charge in [-0.1, -0.05) is 19.1 Å². The molecule has 3 aromatic rings. The Balaban J connectivity index is 1.75. The first-order valence-corrected chi connectivity index (χ1v) is 10.5. The fourth-order valence-electron chi connectivity index (χ4n) is 3.20. The van der Waals surface area contributed by atoms with Crippen molar-refractivity contribution in [3.05, 3.63) is 82.2 Å².